The molecule has 0 aliphatic rings. The van der Waals surface area contributed by atoms with Crippen molar-refractivity contribution in [3.05, 3.63) is 36.9 Å². The van der Waals surface area contributed by atoms with Crippen molar-refractivity contribution < 1.29 is 14.3 Å². The van der Waals surface area contributed by atoms with Gasteiger partial charge in [0.1, 0.15) is 11.5 Å². The number of ether oxygens (including phenoxy) is 2. The summed E-state index contributed by atoms with van der Waals surface area (Å²) in [6, 6.07) is 7.16. The van der Waals surface area contributed by atoms with E-state index < -0.39 is 6.10 Å². The average molecular weight is 365 g/mol. The Balaban J connectivity index is 1.97. The molecular weight excluding hydrogens is 346 g/mol. The summed E-state index contributed by atoms with van der Waals surface area (Å²) in [4.78, 5) is 12.4. The number of benzene rings is 1. The Hall–Kier alpha value is -2.06. The van der Waals surface area contributed by atoms with E-state index in [4.69, 9.17) is 9.47 Å². The van der Waals surface area contributed by atoms with Crippen molar-refractivity contribution in [1.82, 2.24) is 10.2 Å². The van der Waals surface area contributed by atoms with E-state index in [-0.39, 0.29) is 5.91 Å². The highest BCUT2D eigenvalue weighted by Crippen LogP contribution is 2.26. The first-order chi connectivity index (χ1) is 11.7. The van der Waals surface area contributed by atoms with E-state index in [1.807, 2.05) is 19.1 Å². The van der Waals surface area contributed by atoms with Crippen LogP contribution in [0.3, 0.4) is 0 Å². The summed E-state index contributed by atoms with van der Waals surface area (Å²) in [5.74, 6) is 1.75. The smallest absolute Gasteiger partial charge is 0.267 e. The summed E-state index contributed by atoms with van der Waals surface area (Å²) in [7, 11) is 1.58. The van der Waals surface area contributed by atoms with E-state index >= 15 is 0 Å². The highest BCUT2D eigenvalue weighted by atomic mass is 32.2. The molecule has 128 valence electrons. The van der Waals surface area contributed by atoms with Crippen molar-refractivity contribution in [1.29, 1.82) is 0 Å². The van der Waals surface area contributed by atoms with Crippen LogP contribution in [0.2, 0.25) is 0 Å². The van der Waals surface area contributed by atoms with Crippen LogP contribution in [0.15, 0.2) is 41.3 Å². The van der Waals surface area contributed by atoms with Crippen LogP contribution in [0.1, 0.15) is 13.3 Å². The average Bonchev–Trinajstić information content (AvgIpc) is 3.05. The fourth-order valence-corrected chi connectivity index (χ4v) is 3.31. The van der Waals surface area contributed by atoms with Gasteiger partial charge in [-0.1, -0.05) is 42.2 Å². The molecule has 1 amide bonds. The second kappa shape index (κ2) is 9.29. The topological polar surface area (TPSA) is 73.3 Å². The van der Waals surface area contributed by atoms with Gasteiger partial charge >= 0.3 is 0 Å². The second-order valence-corrected chi connectivity index (χ2v) is 6.90. The van der Waals surface area contributed by atoms with Crippen LogP contribution in [-0.4, -0.2) is 35.1 Å². The summed E-state index contributed by atoms with van der Waals surface area (Å²) in [6.07, 6.45) is 1.70. The minimum absolute atomic E-state index is 0.253. The standard InChI is InChI=1S/C16H19N3O3S2/c1-4-9-23-16-19-18-15(24-16)17-14(20)13(5-2)22-12-8-6-7-11(10-12)21-3/h4,6-8,10,13H,1,5,9H2,2-3H3,(H,17,18,20)/t13-/m1/s1. The third-order valence-corrected chi connectivity index (χ3v) is 4.91. The van der Waals surface area contributed by atoms with Crippen molar-refractivity contribution in [3.63, 3.8) is 0 Å². The molecule has 0 saturated heterocycles. The van der Waals surface area contributed by atoms with Gasteiger partial charge in [0.2, 0.25) is 5.13 Å². The number of rotatable bonds is 9. The summed E-state index contributed by atoms with van der Waals surface area (Å²) in [5, 5.41) is 11.2. The molecule has 2 aromatic rings. The molecular formula is C16H19N3O3S2. The summed E-state index contributed by atoms with van der Waals surface area (Å²) < 4.78 is 11.7. The lowest BCUT2D eigenvalue weighted by atomic mass is 10.2. The molecule has 1 N–H and O–H groups in total. The van der Waals surface area contributed by atoms with E-state index in [0.29, 0.717) is 23.1 Å². The predicted molar refractivity (Wildman–Crippen MR) is 97.2 cm³/mol. The van der Waals surface area contributed by atoms with Gasteiger partial charge in [-0.05, 0) is 18.6 Å². The minimum Gasteiger partial charge on any atom is -0.497 e. The summed E-state index contributed by atoms with van der Waals surface area (Å²) >= 11 is 2.85. The lowest BCUT2D eigenvalue weighted by molar-refractivity contribution is -0.122. The highest BCUT2D eigenvalue weighted by Gasteiger charge is 2.20. The van der Waals surface area contributed by atoms with E-state index in [2.05, 4.69) is 22.1 Å². The first kappa shape index (κ1) is 18.3. The van der Waals surface area contributed by atoms with Gasteiger partial charge < -0.3 is 9.47 Å². The lowest BCUT2D eigenvalue weighted by Gasteiger charge is -2.16. The molecule has 0 radical (unpaired) electrons. The van der Waals surface area contributed by atoms with Crippen molar-refractivity contribution in [2.24, 2.45) is 0 Å². The Morgan fingerprint density at radius 1 is 1.46 bits per heavy atom. The largest absolute Gasteiger partial charge is 0.497 e. The van der Waals surface area contributed by atoms with Crippen molar-refractivity contribution in [3.8, 4) is 11.5 Å². The molecule has 2 rings (SSSR count). The minimum atomic E-state index is -0.620. The highest BCUT2D eigenvalue weighted by molar-refractivity contribution is 8.01. The third kappa shape index (κ3) is 5.24. The second-order valence-electron chi connectivity index (χ2n) is 4.66. The van der Waals surface area contributed by atoms with Gasteiger partial charge in [0.25, 0.3) is 5.91 Å². The van der Waals surface area contributed by atoms with E-state index in [1.54, 1.807) is 25.3 Å². The zero-order valence-electron chi connectivity index (χ0n) is 13.5. The van der Waals surface area contributed by atoms with E-state index in [0.717, 1.165) is 10.1 Å². The first-order valence-corrected chi connectivity index (χ1v) is 9.15. The van der Waals surface area contributed by atoms with Crippen LogP contribution in [0.25, 0.3) is 0 Å². The van der Waals surface area contributed by atoms with Gasteiger partial charge in [0.15, 0.2) is 10.4 Å². The maximum atomic E-state index is 12.4. The normalized spacial score (nSPS) is 11.6. The molecule has 6 nitrogen and oxygen atoms in total. The van der Waals surface area contributed by atoms with Crippen LogP contribution in [-0.2, 0) is 4.79 Å². The molecule has 8 heteroatoms. The number of amides is 1. The maximum Gasteiger partial charge on any atom is 0.267 e. The van der Waals surface area contributed by atoms with Crippen LogP contribution < -0.4 is 14.8 Å². The van der Waals surface area contributed by atoms with Crippen molar-refractivity contribution in [2.75, 3.05) is 18.2 Å². The molecule has 0 fully saturated rings. The molecule has 1 aromatic heterocycles. The van der Waals surface area contributed by atoms with Gasteiger partial charge in [0.05, 0.1) is 7.11 Å². The van der Waals surface area contributed by atoms with Gasteiger partial charge in [-0.3, -0.25) is 10.1 Å². The number of aromatic nitrogens is 2. The van der Waals surface area contributed by atoms with Crippen LogP contribution in [0.5, 0.6) is 11.5 Å². The Morgan fingerprint density at radius 3 is 2.96 bits per heavy atom. The van der Waals surface area contributed by atoms with Crippen molar-refractivity contribution >= 4 is 34.1 Å². The molecule has 1 aromatic carbocycles. The predicted octanol–water partition coefficient (Wildman–Crippen LogP) is 3.62. The van der Waals surface area contributed by atoms with Gasteiger partial charge in [-0.2, -0.15) is 0 Å². The van der Waals surface area contributed by atoms with Crippen LogP contribution in [0.4, 0.5) is 5.13 Å². The number of methoxy groups -OCH3 is 1. The van der Waals surface area contributed by atoms with Gasteiger partial charge in [-0.25, -0.2) is 0 Å². The molecule has 0 bridgehead atoms. The number of thioether (sulfide) groups is 1. The maximum absolute atomic E-state index is 12.4. The Morgan fingerprint density at radius 2 is 2.25 bits per heavy atom. The number of hydrogen-bond donors (Lipinski definition) is 1. The SMILES string of the molecule is C=CCSc1nnc(NC(=O)[C@@H](CC)Oc2cccc(OC)c2)s1. The Bertz CT molecular complexity index is 691. The summed E-state index contributed by atoms with van der Waals surface area (Å²) in [5.41, 5.74) is 0. The van der Waals surface area contributed by atoms with Gasteiger partial charge in [-0.15, -0.1) is 16.8 Å². The molecule has 0 aliphatic carbocycles. The van der Waals surface area contributed by atoms with Crippen molar-refractivity contribution in [2.45, 2.75) is 23.8 Å². The first-order valence-electron chi connectivity index (χ1n) is 7.35. The fourth-order valence-electron chi connectivity index (χ4n) is 1.80. The van der Waals surface area contributed by atoms with E-state index in [1.165, 1.54) is 23.1 Å². The van der Waals surface area contributed by atoms with Crippen LogP contribution >= 0.6 is 23.1 Å². The lowest BCUT2D eigenvalue weighted by Crippen LogP contribution is -2.32. The van der Waals surface area contributed by atoms with Crippen LogP contribution in [0, 0.1) is 0 Å². The Kier molecular flexibility index (Phi) is 7.07. The molecule has 0 aliphatic heterocycles. The number of hydrogen-bond acceptors (Lipinski definition) is 7. The monoisotopic (exact) mass is 365 g/mol. The molecule has 0 spiro atoms. The zero-order valence-corrected chi connectivity index (χ0v) is 15.2. The number of anilines is 1. The number of carbonyl (C=O) groups is 1. The quantitative estimate of drug-likeness (QED) is 0.416. The number of carbonyl (C=O) groups excluding carboxylic acids is 1. The van der Waals surface area contributed by atoms with E-state index in [9.17, 15) is 4.79 Å². The molecule has 1 heterocycles. The number of nitrogens with one attached hydrogen (secondary N) is 1. The molecule has 0 unspecified atom stereocenters. The molecule has 0 saturated carbocycles. The molecule has 1 atom stereocenters. The summed E-state index contributed by atoms with van der Waals surface area (Å²) in [6.45, 7) is 5.54. The number of nitrogens with zero attached hydrogens (tertiary/aromatic N) is 2. The van der Waals surface area contributed by atoms with Gasteiger partial charge in [0, 0.05) is 11.8 Å². The third-order valence-electron chi connectivity index (χ3n) is 2.94. The Labute approximate surface area is 149 Å². The fraction of sp³-hybridized carbons (Fsp3) is 0.312. The zero-order chi connectivity index (χ0) is 17.4. The molecule has 24 heavy (non-hydrogen) atoms.